The van der Waals surface area contributed by atoms with E-state index in [9.17, 15) is 4.39 Å². The van der Waals surface area contributed by atoms with E-state index in [1.54, 1.807) is 30.7 Å². The van der Waals surface area contributed by atoms with Crippen LogP contribution >= 0.6 is 0 Å². The molecule has 0 unspecified atom stereocenters. The third-order valence-corrected chi connectivity index (χ3v) is 6.99. The zero-order valence-electron chi connectivity index (χ0n) is 21.4. The molecule has 3 N–H and O–H groups in total. The molecule has 0 radical (unpaired) electrons. The number of aromatic amines is 2. The lowest BCUT2D eigenvalue weighted by Gasteiger charge is -2.07. The Bertz CT molecular complexity index is 1940. The number of hydrogen-bond acceptors (Lipinski definition) is 5. The maximum Gasteiger partial charge on any atom is 0.123 e. The Morgan fingerprint density at radius 3 is 2.40 bits per heavy atom. The lowest BCUT2D eigenvalue weighted by molar-refractivity contribution is 0.628. The predicted molar refractivity (Wildman–Crippen MR) is 155 cm³/mol. The summed E-state index contributed by atoms with van der Waals surface area (Å²) in [5.74, 6) is -0.268. The molecule has 0 fully saturated rings. The molecular weight excluding hydrogens is 501 g/mol. The van der Waals surface area contributed by atoms with Crippen molar-refractivity contribution in [2.24, 2.45) is 0 Å². The van der Waals surface area contributed by atoms with Crippen molar-refractivity contribution in [2.75, 3.05) is 0 Å². The zero-order valence-corrected chi connectivity index (χ0v) is 21.4. The van der Waals surface area contributed by atoms with E-state index in [2.05, 4.69) is 59.7 Å². The van der Waals surface area contributed by atoms with E-state index in [0.717, 1.165) is 67.7 Å². The van der Waals surface area contributed by atoms with Crippen LogP contribution in [0.5, 0.6) is 0 Å². The lowest BCUT2D eigenvalue weighted by Crippen LogP contribution is -2.12. The van der Waals surface area contributed by atoms with Crippen molar-refractivity contribution in [3.63, 3.8) is 0 Å². The van der Waals surface area contributed by atoms with Gasteiger partial charge in [-0.2, -0.15) is 5.10 Å². The molecule has 40 heavy (non-hydrogen) atoms. The number of nitrogens with one attached hydrogen (secondary N) is 3. The second-order valence-electron chi connectivity index (χ2n) is 9.70. The van der Waals surface area contributed by atoms with Gasteiger partial charge in [0.2, 0.25) is 0 Å². The summed E-state index contributed by atoms with van der Waals surface area (Å²) in [7, 11) is 0. The molecule has 0 aliphatic carbocycles. The maximum absolute atomic E-state index is 13.5. The van der Waals surface area contributed by atoms with Gasteiger partial charge in [0, 0.05) is 53.6 Å². The minimum Gasteiger partial charge on any atom is -0.352 e. The summed E-state index contributed by atoms with van der Waals surface area (Å²) >= 11 is 0. The Morgan fingerprint density at radius 1 is 0.700 bits per heavy atom. The Kier molecular flexibility index (Phi) is 6.07. The largest absolute Gasteiger partial charge is 0.352 e. The Labute approximate surface area is 229 Å². The molecule has 7 nitrogen and oxygen atoms in total. The van der Waals surface area contributed by atoms with Crippen LogP contribution in [0.15, 0.2) is 104 Å². The van der Waals surface area contributed by atoms with Crippen LogP contribution in [0.2, 0.25) is 0 Å². The van der Waals surface area contributed by atoms with Crippen molar-refractivity contribution in [2.45, 2.75) is 13.1 Å². The molecule has 0 aliphatic rings. The van der Waals surface area contributed by atoms with Crippen LogP contribution in [0, 0.1) is 5.82 Å². The van der Waals surface area contributed by atoms with Gasteiger partial charge in [0.1, 0.15) is 11.5 Å². The molecule has 8 heteroatoms. The minimum atomic E-state index is -0.268. The van der Waals surface area contributed by atoms with Crippen LogP contribution < -0.4 is 5.32 Å². The summed E-state index contributed by atoms with van der Waals surface area (Å²) in [5.41, 5.74) is 9.25. The van der Waals surface area contributed by atoms with Gasteiger partial charge in [-0.1, -0.05) is 42.5 Å². The number of benzene rings is 2. The molecular formula is C32H24FN7. The third kappa shape index (κ3) is 4.61. The van der Waals surface area contributed by atoms with Gasteiger partial charge in [-0.25, -0.2) is 4.39 Å². The molecule has 7 rings (SSSR count). The zero-order chi connectivity index (χ0) is 26.9. The van der Waals surface area contributed by atoms with Gasteiger partial charge in [0.25, 0.3) is 0 Å². The van der Waals surface area contributed by atoms with Crippen LogP contribution in [0.3, 0.4) is 0 Å². The van der Waals surface area contributed by atoms with Crippen LogP contribution in [0.1, 0.15) is 11.1 Å². The van der Waals surface area contributed by atoms with Gasteiger partial charge in [-0.3, -0.25) is 20.1 Å². The van der Waals surface area contributed by atoms with E-state index in [0.29, 0.717) is 6.54 Å². The molecule has 0 atom stereocenters. The average Bonchev–Trinajstić information content (AvgIpc) is 3.62. The Morgan fingerprint density at radius 2 is 1.52 bits per heavy atom. The average molecular weight is 526 g/mol. The van der Waals surface area contributed by atoms with E-state index < -0.39 is 0 Å². The number of aromatic nitrogens is 6. The van der Waals surface area contributed by atoms with E-state index in [-0.39, 0.29) is 5.82 Å². The molecule has 0 spiro atoms. The highest BCUT2D eigenvalue weighted by Crippen LogP contribution is 2.34. The fourth-order valence-electron chi connectivity index (χ4n) is 4.99. The molecule has 5 aromatic heterocycles. The van der Waals surface area contributed by atoms with Gasteiger partial charge < -0.3 is 10.3 Å². The molecule has 7 aromatic rings. The summed E-state index contributed by atoms with van der Waals surface area (Å²) in [5, 5.41) is 13.1. The number of nitrogens with zero attached hydrogens (tertiary/aromatic N) is 4. The van der Waals surface area contributed by atoms with Crippen molar-refractivity contribution in [3.8, 4) is 33.8 Å². The number of H-pyrrole nitrogens is 2. The van der Waals surface area contributed by atoms with Gasteiger partial charge >= 0.3 is 0 Å². The van der Waals surface area contributed by atoms with Crippen LogP contribution in [-0.4, -0.2) is 30.1 Å². The third-order valence-electron chi connectivity index (χ3n) is 6.99. The number of hydrogen-bond donors (Lipinski definition) is 3. The van der Waals surface area contributed by atoms with Crippen molar-refractivity contribution in [3.05, 3.63) is 121 Å². The topological polar surface area (TPSA) is 95.2 Å². The molecule has 0 amide bonds. The Hall–Kier alpha value is -5.21. The van der Waals surface area contributed by atoms with Gasteiger partial charge in [0.05, 0.1) is 34.8 Å². The highest BCUT2D eigenvalue weighted by atomic mass is 19.1. The van der Waals surface area contributed by atoms with Gasteiger partial charge in [0.15, 0.2) is 0 Å². The van der Waals surface area contributed by atoms with Crippen molar-refractivity contribution in [1.29, 1.82) is 0 Å². The smallest absolute Gasteiger partial charge is 0.123 e. The standard InChI is InChI=1S/C32H24FN7/c33-24-8-6-22(7-9-24)27-17-36-18-30-25(27)11-29(38-30)32-26-12-28(37-19-31(26)39-40-32)23-10-21(15-35-16-23)14-34-13-20-4-2-1-3-5-20/h1-12,15-19,34,38H,13-14H2,(H,39,40). The summed E-state index contributed by atoms with van der Waals surface area (Å²) in [6.45, 7) is 1.49. The lowest BCUT2D eigenvalue weighted by atomic mass is 10.0. The van der Waals surface area contributed by atoms with E-state index in [1.807, 2.05) is 36.7 Å². The highest BCUT2D eigenvalue weighted by Gasteiger charge is 2.15. The van der Waals surface area contributed by atoms with E-state index in [1.165, 1.54) is 17.7 Å². The maximum atomic E-state index is 13.5. The van der Waals surface area contributed by atoms with Crippen molar-refractivity contribution >= 4 is 21.8 Å². The predicted octanol–water partition coefficient (Wildman–Crippen LogP) is 6.66. The first kappa shape index (κ1) is 23.9. The summed E-state index contributed by atoms with van der Waals surface area (Å²) in [6.07, 6.45) is 9.09. The molecule has 2 aromatic carbocycles. The monoisotopic (exact) mass is 525 g/mol. The second kappa shape index (κ2) is 10.2. The number of halogens is 1. The molecule has 0 saturated carbocycles. The SMILES string of the molecule is Fc1ccc(-c2cncc3[nH]c(-c4n[nH]c5cnc(-c6cncc(CNCc7ccccc7)c6)cc45)cc23)cc1. The summed E-state index contributed by atoms with van der Waals surface area (Å²) < 4.78 is 13.5. The fraction of sp³-hybridized carbons (Fsp3) is 0.0625. The van der Waals surface area contributed by atoms with Crippen LogP contribution in [-0.2, 0) is 13.1 Å². The van der Waals surface area contributed by atoms with Crippen molar-refractivity contribution in [1.82, 2.24) is 35.5 Å². The summed E-state index contributed by atoms with van der Waals surface area (Å²) in [4.78, 5) is 17.0. The van der Waals surface area contributed by atoms with E-state index in [4.69, 9.17) is 0 Å². The molecule has 194 valence electrons. The molecule has 0 saturated heterocycles. The Balaban J connectivity index is 1.20. The van der Waals surface area contributed by atoms with E-state index >= 15 is 0 Å². The first-order chi connectivity index (χ1) is 19.7. The molecule has 5 heterocycles. The molecule has 0 aliphatic heterocycles. The molecule has 0 bridgehead atoms. The fourth-order valence-corrected chi connectivity index (χ4v) is 4.99. The van der Waals surface area contributed by atoms with Crippen LogP contribution in [0.4, 0.5) is 4.39 Å². The normalized spacial score (nSPS) is 11.4. The number of fused-ring (bicyclic) bond motifs is 2. The van der Waals surface area contributed by atoms with Crippen molar-refractivity contribution < 1.29 is 4.39 Å². The van der Waals surface area contributed by atoms with Crippen LogP contribution in [0.25, 0.3) is 55.6 Å². The van der Waals surface area contributed by atoms with Gasteiger partial charge in [-0.15, -0.1) is 0 Å². The highest BCUT2D eigenvalue weighted by molar-refractivity contribution is 6.01. The first-order valence-electron chi connectivity index (χ1n) is 13.0. The number of rotatable bonds is 7. The minimum absolute atomic E-state index is 0.268. The number of pyridine rings is 3. The quantitative estimate of drug-likeness (QED) is 0.216. The van der Waals surface area contributed by atoms with Gasteiger partial charge in [-0.05, 0) is 47.0 Å². The second-order valence-corrected chi connectivity index (χ2v) is 9.70. The first-order valence-corrected chi connectivity index (χ1v) is 13.0. The summed E-state index contributed by atoms with van der Waals surface area (Å²) in [6, 6.07) is 23.0.